The molecule has 0 atom stereocenters. The summed E-state index contributed by atoms with van der Waals surface area (Å²) in [4.78, 5) is 53.2. The average Bonchev–Trinajstić information content (AvgIpc) is 1.02. The Balaban J connectivity index is 0.925. The number of fused-ring (bicyclic) bond motifs is 10. The van der Waals surface area contributed by atoms with E-state index in [0.29, 0.717) is 95.7 Å². The number of nitrogens with zero attached hydrogens (tertiary/aromatic N) is 6. The molecule has 0 spiro atoms. The molecule has 478 valence electrons. The van der Waals surface area contributed by atoms with E-state index in [-0.39, 0.29) is 43.1 Å². The maximum absolute atomic E-state index is 15.1. The van der Waals surface area contributed by atoms with Crippen molar-refractivity contribution in [2.24, 2.45) is 0 Å². The molecule has 3 N–H and O–H groups in total. The van der Waals surface area contributed by atoms with E-state index in [9.17, 15) is 31.7 Å². The SMILES string of the molecule is CCCCCCCCCCCCNS(=O)(=O)c1ccc2c(c1)nc1c3cc(N)c4c5ccc6c(=O)n7c8ccc(S(=O)(=O)N(CCCCCCCCCCCC)CCCCCCCCCCCC)cc8nc7c7cc([N+](=O)[O-])c(c8ccc(c(=O)n21)c3c84)c5c67. The van der Waals surface area contributed by atoms with Gasteiger partial charge < -0.3 is 5.73 Å². The van der Waals surface area contributed by atoms with Crippen molar-refractivity contribution in [3.05, 3.63) is 104 Å². The lowest BCUT2D eigenvalue weighted by atomic mass is 9.84. The fourth-order valence-corrected chi connectivity index (χ4v) is 17.0. The van der Waals surface area contributed by atoms with Crippen molar-refractivity contribution in [2.75, 3.05) is 25.4 Å². The van der Waals surface area contributed by atoms with Crippen LogP contribution in [-0.4, -0.2) is 64.5 Å². The molecule has 0 aliphatic carbocycles. The Morgan fingerprint density at radius 2 is 0.844 bits per heavy atom. The maximum Gasteiger partial charge on any atom is 0.278 e. The number of rotatable bonds is 38. The Kier molecular flexibility index (Phi) is 20.7. The van der Waals surface area contributed by atoms with Gasteiger partial charge >= 0.3 is 0 Å². The molecule has 18 heteroatoms. The number of hydrogen-bond donors (Lipinski definition) is 2. The minimum absolute atomic E-state index is 0.0289. The summed E-state index contributed by atoms with van der Waals surface area (Å²) in [6.45, 7) is 7.80. The summed E-state index contributed by atoms with van der Waals surface area (Å²) in [5.41, 5.74) is 8.17. The monoisotopic (exact) mass is 1260 g/mol. The molecule has 7 aromatic carbocycles. The zero-order valence-electron chi connectivity index (χ0n) is 53.1. The van der Waals surface area contributed by atoms with Crippen LogP contribution in [-0.2, 0) is 20.0 Å². The highest BCUT2D eigenvalue weighted by molar-refractivity contribution is 7.89. The Labute approximate surface area is 528 Å². The summed E-state index contributed by atoms with van der Waals surface area (Å²) in [6, 6.07) is 19.3. The van der Waals surface area contributed by atoms with E-state index in [1.807, 2.05) is 0 Å². The molecule has 0 saturated heterocycles. The summed E-state index contributed by atoms with van der Waals surface area (Å²) in [5.74, 6) is 0. The smallest absolute Gasteiger partial charge is 0.278 e. The van der Waals surface area contributed by atoms with Gasteiger partial charge in [-0.25, -0.2) is 31.5 Å². The number of non-ortho nitro benzene ring substituents is 1. The first-order chi connectivity index (χ1) is 43.7. The quantitative estimate of drug-likeness (QED) is 0.00925. The molecular formula is C72H90N8O8S2. The lowest BCUT2D eigenvalue weighted by Gasteiger charge is -2.22. The Morgan fingerprint density at radius 3 is 1.31 bits per heavy atom. The van der Waals surface area contributed by atoms with Gasteiger partial charge in [-0.15, -0.1) is 0 Å². The summed E-state index contributed by atoms with van der Waals surface area (Å²) in [7, 11) is -7.91. The Morgan fingerprint density at radius 1 is 0.456 bits per heavy atom. The molecule has 90 heavy (non-hydrogen) atoms. The third-order valence-corrected chi connectivity index (χ3v) is 22.6. The number of hydrogen-bond acceptors (Lipinski definition) is 11. The second-order valence-corrected chi connectivity index (χ2v) is 29.3. The number of pyridine rings is 2. The largest absolute Gasteiger partial charge is 0.398 e. The molecule has 11 aromatic rings. The first-order valence-electron chi connectivity index (χ1n) is 34.0. The molecular weight excluding hydrogens is 1170 g/mol. The van der Waals surface area contributed by atoms with Crippen LogP contribution >= 0.6 is 0 Å². The van der Waals surface area contributed by atoms with Crippen LogP contribution in [0.3, 0.4) is 0 Å². The van der Waals surface area contributed by atoms with Gasteiger partial charge in [0.25, 0.3) is 16.8 Å². The third kappa shape index (κ3) is 12.9. The van der Waals surface area contributed by atoms with Gasteiger partial charge in [0.15, 0.2) is 0 Å². The summed E-state index contributed by atoms with van der Waals surface area (Å²) >= 11 is 0. The highest BCUT2D eigenvalue weighted by Crippen LogP contribution is 2.50. The maximum atomic E-state index is 15.1. The predicted octanol–water partition coefficient (Wildman–Crippen LogP) is 17.8. The lowest BCUT2D eigenvalue weighted by Crippen LogP contribution is -2.33. The number of nitro benzene ring substituents is 1. The third-order valence-electron chi connectivity index (χ3n) is 19.2. The van der Waals surface area contributed by atoms with Gasteiger partial charge in [-0.3, -0.25) is 28.5 Å². The van der Waals surface area contributed by atoms with Gasteiger partial charge in [0.2, 0.25) is 20.0 Å². The van der Waals surface area contributed by atoms with Gasteiger partial charge in [-0.1, -0.05) is 206 Å². The number of sulfonamides is 2. The van der Waals surface area contributed by atoms with Crippen LogP contribution in [0.25, 0.3) is 98.0 Å². The number of benzene rings is 7. The van der Waals surface area contributed by atoms with Crippen LogP contribution in [0.4, 0.5) is 11.4 Å². The van der Waals surface area contributed by atoms with Crippen molar-refractivity contribution in [3.8, 4) is 0 Å². The average molecular weight is 1260 g/mol. The van der Waals surface area contributed by atoms with Crippen molar-refractivity contribution < 1.29 is 21.8 Å². The molecule has 0 aliphatic heterocycles. The second-order valence-electron chi connectivity index (χ2n) is 25.6. The second kappa shape index (κ2) is 28.8. The highest BCUT2D eigenvalue weighted by Gasteiger charge is 2.31. The van der Waals surface area contributed by atoms with Crippen LogP contribution in [0.15, 0.2) is 92.2 Å². The highest BCUT2D eigenvalue weighted by atomic mass is 32.2. The van der Waals surface area contributed by atoms with Crippen LogP contribution in [0.2, 0.25) is 0 Å². The van der Waals surface area contributed by atoms with E-state index in [2.05, 4.69) is 25.5 Å². The van der Waals surface area contributed by atoms with Gasteiger partial charge in [0.05, 0.1) is 42.2 Å². The minimum Gasteiger partial charge on any atom is -0.398 e. The van der Waals surface area contributed by atoms with E-state index in [4.69, 9.17) is 15.7 Å². The molecule has 0 amide bonds. The minimum atomic E-state index is -4.00. The van der Waals surface area contributed by atoms with E-state index in [1.165, 1.54) is 149 Å². The number of imidazole rings is 2. The first kappa shape index (κ1) is 64.7. The van der Waals surface area contributed by atoms with Gasteiger partial charge in [0.1, 0.15) is 11.3 Å². The number of nitrogens with one attached hydrogen (secondary N) is 1. The van der Waals surface area contributed by atoms with E-state index >= 15 is 4.79 Å². The van der Waals surface area contributed by atoms with E-state index in [0.717, 1.165) is 77.0 Å². The van der Waals surface area contributed by atoms with Gasteiger partial charge in [0, 0.05) is 79.9 Å². The number of aromatic nitrogens is 4. The van der Waals surface area contributed by atoms with Crippen molar-refractivity contribution in [1.29, 1.82) is 0 Å². The van der Waals surface area contributed by atoms with E-state index in [1.54, 1.807) is 52.8 Å². The molecule has 0 fully saturated rings. The molecule has 16 nitrogen and oxygen atoms in total. The lowest BCUT2D eigenvalue weighted by molar-refractivity contribution is -0.382. The fourth-order valence-electron chi connectivity index (χ4n) is 14.4. The van der Waals surface area contributed by atoms with Gasteiger partial charge in [-0.2, -0.15) is 4.31 Å². The summed E-state index contributed by atoms with van der Waals surface area (Å²) in [5, 5.41) is 18.8. The summed E-state index contributed by atoms with van der Waals surface area (Å²) in [6.07, 6.45) is 34.2. The van der Waals surface area contributed by atoms with Crippen molar-refractivity contribution in [3.63, 3.8) is 0 Å². The molecule has 0 radical (unpaired) electrons. The standard InChI is InChI=1S/C72H90N8O8S2/c1-4-7-10-13-16-19-22-25-28-31-42-74-89(85,86)49-34-40-60-58(45-49)75-69-55-47-57(73)65-51-36-38-54-64-56(48-62(80(83)84)66(68(51)64)52-37-39-53(63(55)67(52)65)71(81)78(60)69)70-76-59-46-50(35-41-61(59)79(70)72(54)82)90(87,88)77(43-32-29-26-23-20-17-14-11-8-5-2)44-33-30-27-24-21-18-15-12-9-6-3/h34-41,45-48,74H,4-33,42-44,73H2,1-3H3. The first-order valence-corrected chi connectivity index (χ1v) is 37.0. The molecule has 0 bridgehead atoms. The predicted molar refractivity (Wildman–Crippen MR) is 371 cm³/mol. The summed E-state index contributed by atoms with van der Waals surface area (Å²) < 4.78 is 64.3. The van der Waals surface area contributed by atoms with Crippen LogP contribution in [0.5, 0.6) is 0 Å². The van der Waals surface area contributed by atoms with E-state index < -0.39 is 36.1 Å². The number of nitrogens with two attached hydrogens (primary N) is 1. The molecule has 4 aromatic heterocycles. The zero-order chi connectivity index (χ0) is 63.1. The van der Waals surface area contributed by atoms with Crippen molar-refractivity contribution in [1.82, 2.24) is 27.8 Å². The number of unbranched alkanes of at least 4 members (excludes halogenated alkanes) is 27. The van der Waals surface area contributed by atoms with Crippen LogP contribution in [0, 0.1) is 10.1 Å². The number of nitro groups is 1. The topological polar surface area (TPSA) is 221 Å². The molecule has 4 heterocycles. The zero-order valence-corrected chi connectivity index (χ0v) is 54.7. The molecule has 0 aliphatic rings. The van der Waals surface area contributed by atoms with Crippen LogP contribution < -0.4 is 21.6 Å². The number of nitrogen functional groups attached to an aromatic ring is 1. The Hall–Kier alpha value is -6.86. The van der Waals surface area contributed by atoms with Crippen LogP contribution in [0.1, 0.15) is 213 Å². The Bertz CT molecular complexity index is 4690. The fraction of sp³-hybridized carbons (Fsp3) is 0.500. The normalized spacial score (nSPS) is 12.8. The number of anilines is 1. The van der Waals surface area contributed by atoms with Crippen molar-refractivity contribution in [2.45, 2.75) is 223 Å². The van der Waals surface area contributed by atoms with Crippen molar-refractivity contribution >= 4 is 129 Å². The van der Waals surface area contributed by atoms with Gasteiger partial charge in [-0.05, 0) is 84.6 Å². The molecule has 11 rings (SSSR count). The molecule has 0 unspecified atom stereocenters. The molecule has 0 saturated carbocycles.